The molecule has 0 saturated heterocycles. The number of benzene rings is 3. The van der Waals surface area contributed by atoms with E-state index in [0.29, 0.717) is 30.4 Å². The first kappa shape index (κ1) is 22.3. The second-order valence-electron chi connectivity index (χ2n) is 6.58. The van der Waals surface area contributed by atoms with E-state index < -0.39 is 11.5 Å². The first-order chi connectivity index (χ1) is 14.9. The highest BCUT2D eigenvalue weighted by Crippen LogP contribution is 2.45. The third-order valence-corrected chi connectivity index (χ3v) is 5.23. The SMILES string of the molecule is CCOc1cc(Sc2ccc(C)cc2)c(OCC)cc1/N=N/c1c(O)cc(O)cc1O. The van der Waals surface area contributed by atoms with Gasteiger partial charge >= 0.3 is 0 Å². The van der Waals surface area contributed by atoms with Gasteiger partial charge in [0.1, 0.15) is 22.9 Å². The molecule has 3 aromatic carbocycles. The average Bonchev–Trinajstić information content (AvgIpc) is 2.71. The lowest BCUT2D eigenvalue weighted by molar-refractivity contribution is 0.324. The summed E-state index contributed by atoms with van der Waals surface area (Å²) in [4.78, 5) is 1.92. The lowest BCUT2D eigenvalue weighted by Crippen LogP contribution is -1.97. The van der Waals surface area contributed by atoms with E-state index in [2.05, 4.69) is 10.2 Å². The van der Waals surface area contributed by atoms with Gasteiger partial charge in [-0.25, -0.2) is 0 Å². The Hall–Kier alpha value is -3.39. The molecule has 0 aliphatic carbocycles. The molecule has 8 heteroatoms. The number of aryl methyl sites for hydroxylation is 1. The Morgan fingerprint density at radius 1 is 0.806 bits per heavy atom. The number of aromatic hydroxyl groups is 3. The van der Waals surface area contributed by atoms with Crippen LogP contribution in [0.2, 0.25) is 0 Å². The molecule has 0 atom stereocenters. The summed E-state index contributed by atoms with van der Waals surface area (Å²) in [5, 5.41) is 37.5. The van der Waals surface area contributed by atoms with Crippen molar-refractivity contribution in [3.8, 4) is 28.7 Å². The predicted octanol–water partition coefficient (Wildman–Crippen LogP) is 6.48. The maximum absolute atomic E-state index is 9.96. The third kappa shape index (κ3) is 5.61. The van der Waals surface area contributed by atoms with E-state index in [1.54, 1.807) is 17.8 Å². The van der Waals surface area contributed by atoms with Crippen LogP contribution in [0.3, 0.4) is 0 Å². The minimum atomic E-state index is -0.393. The monoisotopic (exact) mass is 440 g/mol. The van der Waals surface area contributed by atoms with Crippen LogP contribution in [0, 0.1) is 6.92 Å². The standard InChI is InChI=1S/C23H24N2O5S/c1-4-29-20-13-22(31-16-8-6-14(3)7-9-16)21(30-5-2)12-17(20)24-25-23-18(27)10-15(26)11-19(23)28/h6-13,26-28H,4-5H2,1-3H3/b25-24+. The van der Waals surface area contributed by atoms with Crippen molar-refractivity contribution in [3.63, 3.8) is 0 Å². The van der Waals surface area contributed by atoms with Gasteiger partial charge in [0.15, 0.2) is 17.2 Å². The fourth-order valence-electron chi connectivity index (χ4n) is 2.76. The van der Waals surface area contributed by atoms with Gasteiger partial charge in [-0.1, -0.05) is 29.5 Å². The highest BCUT2D eigenvalue weighted by Gasteiger charge is 2.15. The van der Waals surface area contributed by atoms with E-state index in [-0.39, 0.29) is 11.4 Å². The molecule has 3 N–H and O–H groups in total. The van der Waals surface area contributed by atoms with Crippen molar-refractivity contribution in [3.05, 3.63) is 54.1 Å². The Balaban J connectivity index is 2.01. The molecule has 7 nitrogen and oxygen atoms in total. The van der Waals surface area contributed by atoms with Gasteiger partial charge in [0.2, 0.25) is 0 Å². The van der Waals surface area contributed by atoms with Crippen molar-refractivity contribution in [2.75, 3.05) is 13.2 Å². The van der Waals surface area contributed by atoms with Crippen LogP contribution in [-0.4, -0.2) is 28.5 Å². The van der Waals surface area contributed by atoms with Crippen molar-refractivity contribution in [2.24, 2.45) is 10.2 Å². The van der Waals surface area contributed by atoms with Crippen LogP contribution in [0.15, 0.2) is 68.6 Å². The van der Waals surface area contributed by atoms with Crippen LogP contribution in [-0.2, 0) is 0 Å². The quantitative estimate of drug-likeness (QED) is 0.347. The number of hydrogen-bond donors (Lipinski definition) is 3. The van der Waals surface area contributed by atoms with Crippen LogP contribution in [0.4, 0.5) is 11.4 Å². The maximum Gasteiger partial charge on any atom is 0.169 e. The molecule has 3 rings (SSSR count). The van der Waals surface area contributed by atoms with Gasteiger partial charge in [0.25, 0.3) is 0 Å². The highest BCUT2D eigenvalue weighted by atomic mass is 32.2. The predicted molar refractivity (Wildman–Crippen MR) is 120 cm³/mol. The van der Waals surface area contributed by atoms with Gasteiger partial charge in [-0.15, -0.1) is 10.2 Å². The smallest absolute Gasteiger partial charge is 0.169 e. The van der Waals surface area contributed by atoms with Crippen molar-refractivity contribution in [1.82, 2.24) is 0 Å². The Morgan fingerprint density at radius 3 is 2.03 bits per heavy atom. The zero-order chi connectivity index (χ0) is 22.4. The van der Waals surface area contributed by atoms with Crippen LogP contribution in [0.5, 0.6) is 28.7 Å². The highest BCUT2D eigenvalue weighted by molar-refractivity contribution is 7.99. The lowest BCUT2D eigenvalue weighted by atomic mass is 10.2. The molecule has 0 aliphatic rings. The molecule has 0 unspecified atom stereocenters. The number of hydrogen-bond acceptors (Lipinski definition) is 8. The van der Waals surface area contributed by atoms with Crippen molar-refractivity contribution >= 4 is 23.1 Å². The van der Waals surface area contributed by atoms with Gasteiger partial charge in [-0.2, -0.15) is 0 Å². The number of azo groups is 1. The molecule has 162 valence electrons. The number of phenols is 3. The number of phenolic OH excluding ortho intramolecular Hbond substituents is 3. The van der Waals surface area contributed by atoms with Crippen molar-refractivity contribution in [1.29, 1.82) is 0 Å². The fraction of sp³-hybridized carbons (Fsp3) is 0.217. The molecule has 0 radical (unpaired) electrons. The van der Waals surface area contributed by atoms with E-state index in [9.17, 15) is 15.3 Å². The molecule has 3 aromatic rings. The van der Waals surface area contributed by atoms with Crippen LogP contribution in [0.25, 0.3) is 0 Å². The average molecular weight is 441 g/mol. The molecule has 0 saturated carbocycles. The van der Waals surface area contributed by atoms with Crippen LogP contribution >= 0.6 is 11.8 Å². The summed E-state index contributed by atoms with van der Waals surface area (Å²) >= 11 is 1.55. The largest absolute Gasteiger partial charge is 0.508 e. The Labute approximate surface area is 185 Å². The van der Waals surface area contributed by atoms with Gasteiger partial charge in [-0.3, -0.25) is 0 Å². The van der Waals surface area contributed by atoms with Gasteiger partial charge in [0.05, 0.1) is 18.1 Å². The molecule has 0 amide bonds. The summed E-state index contributed by atoms with van der Waals surface area (Å²) < 4.78 is 11.6. The molecular weight excluding hydrogens is 416 g/mol. The molecular formula is C23H24N2O5S. The topological polar surface area (TPSA) is 104 Å². The second-order valence-corrected chi connectivity index (χ2v) is 7.70. The molecule has 0 spiro atoms. The minimum Gasteiger partial charge on any atom is -0.508 e. The summed E-state index contributed by atoms with van der Waals surface area (Å²) in [6, 6.07) is 13.9. The molecule has 0 heterocycles. The van der Waals surface area contributed by atoms with Gasteiger partial charge in [0, 0.05) is 29.2 Å². The van der Waals surface area contributed by atoms with E-state index in [0.717, 1.165) is 21.9 Å². The molecule has 0 bridgehead atoms. The summed E-state index contributed by atoms with van der Waals surface area (Å²) in [6.45, 7) is 6.68. The van der Waals surface area contributed by atoms with Crippen LogP contribution in [0.1, 0.15) is 19.4 Å². The summed E-state index contributed by atoms with van der Waals surface area (Å²) in [7, 11) is 0. The lowest BCUT2D eigenvalue weighted by Gasteiger charge is -2.14. The van der Waals surface area contributed by atoms with E-state index in [1.807, 2.05) is 51.1 Å². The van der Waals surface area contributed by atoms with Gasteiger partial charge < -0.3 is 24.8 Å². The third-order valence-electron chi connectivity index (χ3n) is 4.19. The molecule has 0 fully saturated rings. The Bertz CT molecular complexity index is 1060. The first-order valence-corrected chi connectivity index (χ1v) is 10.6. The van der Waals surface area contributed by atoms with Gasteiger partial charge in [-0.05, 0) is 32.9 Å². The van der Waals surface area contributed by atoms with Crippen molar-refractivity contribution < 1.29 is 24.8 Å². The summed E-state index contributed by atoms with van der Waals surface area (Å²) in [6.07, 6.45) is 0. The Kier molecular flexibility index (Phi) is 7.25. The number of nitrogens with zero attached hydrogens (tertiary/aromatic N) is 2. The maximum atomic E-state index is 9.96. The van der Waals surface area contributed by atoms with Crippen molar-refractivity contribution in [2.45, 2.75) is 30.6 Å². The summed E-state index contributed by atoms with van der Waals surface area (Å²) in [5.74, 6) is 0.0401. The summed E-state index contributed by atoms with van der Waals surface area (Å²) in [5.41, 5.74) is 1.41. The van der Waals surface area contributed by atoms with Crippen LogP contribution < -0.4 is 9.47 Å². The molecule has 0 aromatic heterocycles. The minimum absolute atomic E-state index is 0.156. The zero-order valence-corrected chi connectivity index (χ0v) is 18.3. The molecule has 0 aliphatic heterocycles. The van der Waals surface area contributed by atoms with E-state index >= 15 is 0 Å². The molecule has 31 heavy (non-hydrogen) atoms. The first-order valence-electron chi connectivity index (χ1n) is 9.76. The van der Waals surface area contributed by atoms with E-state index in [1.165, 1.54) is 5.56 Å². The number of ether oxygens (including phenoxy) is 2. The fourth-order valence-corrected chi connectivity index (χ4v) is 3.67. The number of rotatable bonds is 8. The van der Waals surface area contributed by atoms with E-state index in [4.69, 9.17) is 9.47 Å². The second kappa shape index (κ2) is 10.1. The zero-order valence-electron chi connectivity index (χ0n) is 17.5. The Morgan fingerprint density at radius 2 is 1.42 bits per heavy atom. The normalized spacial score (nSPS) is 11.1.